The van der Waals surface area contributed by atoms with Crippen molar-refractivity contribution in [3.05, 3.63) is 57.5 Å². The van der Waals surface area contributed by atoms with Gasteiger partial charge < -0.3 is 9.47 Å². The van der Waals surface area contributed by atoms with Crippen molar-refractivity contribution in [2.45, 2.75) is 19.2 Å². The molecule has 1 atom stereocenters. The summed E-state index contributed by atoms with van der Waals surface area (Å²) in [5, 5.41) is -0.221. The van der Waals surface area contributed by atoms with E-state index in [0.29, 0.717) is 15.0 Å². The molecule has 2 heterocycles. The molecule has 0 amide bonds. The zero-order valence-electron chi connectivity index (χ0n) is 14.8. The highest BCUT2D eigenvalue weighted by molar-refractivity contribution is 6.32. The van der Waals surface area contributed by atoms with Gasteiger partial charge in [0.1, 0.15) is 17.3 Å². The van der Waals surface area contributed by atoms with Gasteiger partial charge in [-0.1, -0.05) is 11.6 Å². The molecule has 2 aromatic heterocycles. The molecular weight excluding hydrogens is 422 g/mol. The number of fused-ring (bicyclic) bond motifs is 1. The molecule has 0 aliphatic carbocycles. The zero-order chi connectivity index (χ0) is 21.5. The van der Waals surface area contributed by atoms with Gasteiger partial charge in [0.25, 0.3) is 5.56 Å². The number of methoxy groups -OCH3 is 1. The van der Waals surface area contributed by atoms with Crippen molar-refractivity contribution in [2.24, 2.45) is 0 Å². The van der Waals surface area contributed by atoms with E-state index >= 15 is 0 Å². The van der Waals surface area contributed by atoms with Crippen LogP contribution in [0.3, 0.4) is 0 Å². The summed E-state index contributed by atoms with van der Waals surface area (Å²) >= 11 is 5.93. The number of aromatic nitrogens is 3. The molecule has 0 fully saturated rings. The summed E-state index contributed by atoms with van der Waals surface area (Å²) in [6.07, 6.45) is -3.93. The second-order valence-corrected chi connectivity index (χ2v) is 6.22. The van der Waals surface area contributed by atoms with Crippen LogP contribution in [0.5, 0.6) is 5.75 Å². The van der Waals surface area contributed by atoms with E-state index in [1.54, 1.807) is 0 Å². The van der Waals surface area contributed by atoms with Crippen LogP contribution in [0.1, 0.15) is 12.6 Å². The van der Waals surface area contributed by atoms with Gasteiger partial charge in [-0.05, 0) is 13.0 Å². The molecule has 0 N–H and O–H groups in total. The highest BCUT2D eigenvalue weighted by Crippen LogP contribution is 2.32. The van der Waals surface area contributed by atoms with Crippen LogP contribution in [0.25, 0.3) is 11.5 Å². The predicted molar refractivity (Wildman–Crippen MR) is 92.9 cm³/mol. The third-order valence-corrected chi connectivity index (χ3v) is 4.23. The maximum Gasteiger partial charge on any atom is 0.432 e. The summed E-state index contributed by atoms with van der Waals surface area (Å²) in [6, 6.07) is 2.11. The molecule has 0 saturated heterocycles. The predicted octanol–water partition coefficient (Wildman–Crippen LogP) is 3.24. The highest BCUT2D eigenvalue weighted by atomic mass is 35.5. The Balaban J connectivity index is 2.22. The van der Waals surface area contributed by atoms with Crippen molar-refractivity contribution in [2.75, 3.05) is 7.11 Å². The maximum atomic E-state index is 14.6. The van der Waals surface area contributed by atoms with Gasteiger partial charge in [-0.3, -0.25) is 9.20 Å². The molecule has 0 aliphatic heterocycles. The number of ether oxygens (including phenoxy) is 2. The van der Waals surface area contributed by atoms with Gasteiger partial charge >= 0.3 is 12.1 Å². The van der Waals surface area contributed by atoms with Crippen molar-refractivity contribution in [3.8, 4) is 11.4 Å². The van der Waals surface area contributed by atoms with Gasteiger partial charge in [-0.25, -0.2) is 18.7 Å². The second-order valence-electron chi connectivity index (χ2n) is 5.82. The second kappa shape index (κ2) is 7.39. The molecule has 1 aromatic carbocycles. The van der Waals surface area contributed by atoms with Gasteiger partial charge in [0.2, 0.25) is 5.78 Å². The van der Waals surface area contributed by atoms with E-state index in [4.69, 9.17) is 16.3 Å². The summed E-state index contributed by atoms with van der Waals surface area (Å²) in [4.78, 5) is 27.7. The fraction of sp³-hybridized carbons (Fsp3) is 0.235. The number of hydrogen-bond acceptors (Lipinski definition) is 5. The Morgan fingerprint density at radius 1 is 1.28 bits per heavy atom. The van der Waals surface area contributed by atoms with Crippen molar-refractivity contribution in [1.29, 1.82) is 0 Å². The SMILES string of the molecule is COC(=O)C(C)Oc1cc(-n2c(=O)cc(C(F)(F)F)n3ccnc23)c(F)cc1Cl. The first-order valence-electron chi connectivity index (χ1n) is 7.94. The minimum atomic E-state index is -4.83. The number of hydrogen-bond donors (Lipinski definition) is 0. The Hall–Kier alpha value is -3.08. The fourth-order valence-corrected chi connectivity index (χ4v) is 2.82. The monoisotopic (exact) mass is 433 g/mol. The summed E-state index contributed by atoms with van der Waals surface area (Å²) < 4.78 is 65.3. The molecule has 3 aromatic rings. The third-order valence-electron chi connectivity index (χ3n) is 3.93. The number of alkyl halides is 3. The number of nitrogens with zero attached hydrogens (tertiary/aromatic N) is 3. The summed E-state index contributed by atoms with van der Waals surface area (Å²) in [5.74, 6) is -2.41. The number of imidazole rings is 1. The fourth-order valence-electron chi connectivity index (χ4n) is 2.63. The minimum absolute atomic E-state index is 0.183. The molecule has 154 valence electrons. The molecule has 1 unspecified atom stereocenters. The largest absolute Gasteiger partial charge is 0.477 e. The van der Waals surface area contributed by atoms with Crippen LogP contribution in [0.15, 0.2) is 35.4 Å². The van der Waals surface area contributed by atoms with Gasteiger partial charge in [0.05, 0.1) is 17.8 Å². The topological polar surface area (TPSA) is 74.8 Å². The number of carbonyl (C=O) groups is 1. The van der Waals surface area contributed by atoms with Gasteiger partial charge in [-0.2, -0.15) is 13.2 Å². The van der Waals surface area contributed by atoms with E-state index in [-0.39, 0.29) is 10.8 Å². The van der Waals surface area contributed by atoms with Crippen molar-refractivity contribution >= 4 is 23.3 Å². The number of halogens is 5. The van der Waals surface area contributed by atoms with E-state index < -0.39 is 46.8 Å². The Labute approximate surface area is 165 Å². The molecule has 7 nitrogen and oxygen atoms in total. The normalized spacial score (nSPS) is 12.8. The first-order chi connectivity index (χ1) is 13.5. The molecule has 3 rings (SSSR count). The van der Waals surface area contributed by atoms with Crippen molar-refractivity contribution in [1.82, 2.24) is 14.0 Å². The average Bonchev–Trinajstić information content (AvgIpc) is 3.11. The summed E-state index contributed by atoms with van der Waals surface area (Å²) in [5.41, 5.74) is -2.91. The lowest BCUT2D eigenvalue weighted by Crippen LogP contribution is -2.27. The van der Waals surface area contributed by atoms with Crippen molar-refractivity contribution in [3.63, 3.8) is 0 Å². The standard InChI is InChI=1S/C17H12ClF4N3O4/c1-8(15(27)28-2)29-12-6-11(10(19)5-9(12)18)25-14(26)7-13(17(20,21)22)24-4-3-23-16(24)25/h3-8H,1-2H3. The number of benzene rings is 1. The van der Waals surface area contributed by atoms with Gasteiger partial charge in [-0.15, -0.1) is 0 Å². The zero-order valence-corrected chi connectivity index (χ0v) is 15.6. The van der Waals surface area contributed by atoms with E-state index in [1.165, 1.54) is 6.92 Å². The Kier molecular flexibility index (Phi) is 5.26. The lowest BCUT2D eigenvalue weighted by Gasteiger charge is -2.17. The molecule has 29 heavy (non-hydrogen) atoms. The van der Waals surface area contributed by atoms with E-state index in [2.05, 4.69) is 9.72 Å². The summed E-state index contributed by atoms with van der Waals surface area (Å²) in [6.45, 7) is 1.35. The lowest BCUT2D eigenvalue weighted by molar-refractivity contribution is -0.148. The van der Waals surface area contributed by atoms with Crippen LogP contribution in [0, 0.1) is 5.82 Å². The lowest BCUT2D eigenvalue weighted by atomic mass is 10.2. The number of rotatable bonds is 4. The van der Waals surface area contributed by atoms with Crippen molar-refractivity contribution < 1.29 is 31.8 Å². The molecule has 0 spiro atoms. The van der Waals surface area contributed by atoms with Gasteiger partial charge in [0, 0.05) is 24.5 Å². The number of esters is 1. The minimum Gasteiger partial charge on any atom is -0.477 e. The Morgan fingerprint density at radius 3 is 2.59 bits per heavy atom. The summed E-state index contributed by atoms with van der Waals surface area (Å²) in [7, 11) is 1.14. The molecule has 0 radical (unpaired) electrons. The Bertz CT molecular complexity index is 1160. The van der Waals surface area contributed by atoms with Gasteiger partial charge in [0.15, 0.2) is 6.10 Å². The Morgan fingerprint density at radius 2 is 1.97 bits per heavy atom. The van der Waals surface area contributed by atoms with E-state index in [9.17, 15) is 27.2 Å². The van der Waals surface area contributed by atoms with E-state index in [0.717, 1.165) is 31.6 Å². The first-order valence-corrected chi connectivity index (χ1v) is 8.32. The smallest absolute Gasteiger partial charge is 0.432 e. The third kappa shape index (κ3) is 3.77. The maximum absolute atomic E-state index is 14.6. The first kappa shape index (κ1) is 20.6. The molecule has 12 heteroatoms. The van der Waals surface area contributed by atoms with Crippen LogP contribution < -0.4 is 10.3 Å². The molecular formula is C17H12ClF4N3O4. The van der Waals surface area contributed by atoms with Crippen LogP contribution in [-0.2, 0) is 15.7 Å². The highest BCUT2D eigenvalue weighted by Gasteiger charge is 2.35. The molecule has 0 bridgehead atoms. The quantitative estimate of drug-likeness (QED) is 0.466. The number of carbonyl (C=O) groups excluding carboxylic acids is 1. The van der Waals surface area contributed by atoms with Crippen LogP contribution >= 0.6 is 11.6 Å². The molecule has 0 aliphatic rings. The van der Waals surface area contributed by atoms with Crippen LogP contribution in [0.4, 0.5) is 17.6 Å². The van der Waals surface area contributed by atoms with Crippen LogP contribution in [0.2, 0.25) is 5.02 Å². The van der Waals surface area contributed by atoms with Crippen LogP contribution in [-0.4, -0.2) is 33.1 Å². The average molecular weight is 434 g/mol. The molecule has 0 saturated carbocycles. The van der Waals surface area contributed by atoms with E-state index in [1.807, 2.05) is 0 Å².